The van der Waals surface area contributed by atoms with Crippen LogP contribution in [0.4, 0.5) is 23.4 Å². The lowest BCUT2D eigenvalue weighted by Crippen LogP contribution is -2.35. The summed E-state index contributed by atoms with van der Waals surface area (Å²) in [4.78, 5) is 21.0. The lowest BCUT2D eigenvalue weighted by atomic mass is 10.1. The topological polar surface area (TPSA) is 149 Å². The number of anilines is 1. The number of alkyl halides is 4. The van der Waals surface area contributed by atoms with E-state index in [4.69, 9.17) is 20.2 Å². The Morgan fingerprint density at radius 2 is 2.11 bits per heavy atom. The van der Waals surface area contributed by atoms with E-state index in [0.717, 1.165) is 31.7 Å². The van der Waals surface area contributed by atoms with E-state index in [2.05, 4.69) is 15.3 Å². The number of ketones is 1. The molecule has 4 rings (SSSR count). The van der Waals surface area contributed by atoms with Crippen molar-refractivity contribution in [1.29, 1.82) is 0 Å². The van der Waals surface area contributed by atoms with Gasteiger partial charge in [-0.15, -0.1) is 0 Å². The molecule has 0 aromatic carbocycles. The zero-order valence-electron chi connectivity index (χ0n) is 19.3. The number of hydrogen-bond donors (Lipinski definition) is 3. The van der Waals surface area contributed by atoms with E-state index in [1.807, 2.05) is 4.72 Å². The summed E-state index contributed by atoms with van der Waals surface area (Å²) >= 11 is 6.17. The van der Waals surface area contributed by atoms with Crippen LogP contribution in [0.25, 0.3) is 0 Å². The third kappa shape index (κ3) is 5.99. The fourth-order valence-electron chi connectivity index (χ4n) is 3.86. The first-order valence-electron chi connectivity index (χ1n) is 10.9. The molecule has 0 unspecified atom stereocenters. The number of hydrogen-bond acceptors (Lipinski definition) is 9. The fraction of sp³-hybridized carbons (Fsp3) is 0.381. The van der Waals surface area contributed by atoms with E-state index < -0.39 is 52.4 Å². The molecular formula is C21H20ClF4N5O6S. The number of nitrogens with one attached hydrogen (secondary N) is 2. The van der Waals surface area contributed by atoms with Crippen LogP contribution in [0.3, 0.4) is 0 Å². The molecule has 0 spiro atoms. The number of rotatable bonds is 9. The van der Waals surface area contributed by atoms with Crippen LogP contribution < -0.4 is 10.0 Å². The first-order valence-corrected chi connectivity index (χ1v) is 12.6. The first kappa shape index (κ1) is 28.0. The molecule has 3 aromatic rings. The molecule has 1 fully saturated rings. The van der Waals surface area contributed by atoms with Gasteiger partial charge in [-0.25, -0.2) is 14.4 Å². The molecule has 1 saturated carbocycles. The molecule has 17 heteroatoms. The predicted molar refractivity (Wildman–Crippen MR) is 124 cm³/mol. The highest BCUT2D eigenvalue weighted by molar-refractivity contribution is 7.84. The van der Waals surface area contributed by atoms with Crippen molar-refractivity contribution in [3.8, 4) is 0 Å². The van der Waals surface area contributed by atoms with E-state index in [-0.39, 0.29) is 40.8 Å². The van der Waals surface area contributed by atoms with Crippen molar-refractivity contribution in [2.45, 2.75) is 43.6 Å². The summed E-state index contributed by atoms with van der Waals surface area (Å²) in [6, 6.07) is 2.02. The molecule has 1 aliphatic rings. The van der Waals surface area contributed by atoms with Gasteiger partial charge in [0.25, 0.3) is 0 Å². The maximum absolute atomic E-state index is 14.8. The summed E-state index contributed by atoms with van der Waals surface area (Å²) in [6.45, 7) is -0.195. The SMILES string of the molecule is CNS(=O)(=O)O[C@@H]1C[C@@H](Nc2ncncc2C(=O)c2cc(Cl)n(Cc3ccc(C(F)(F)F)o3)c2)[C@@H](F)[C@@H]1O. The Morgan fingerprint density at radius 3 is 2.76 bits per heavy atom. The molecule has 3 heterocycles. The molecule has 0 saturated heterocycles. The molecule has 206 valence electrons. The Bertz CT molecular complexity index is 1430. The third-order valence-electron chi connectivity index (χ3n) is 5.73. The Kier molecular flexibility index (Phi) is 7.81. The van der Waals surface area contributed by atoms with E-state index in [0.29, 0.717) is 0 Å². The number of carbonyl (C=O) groups is 1. The number of aliphatic hydroxyl groups excluding tert-OH is 1. The normalized spacial score (nSPS) is 22.1. The van der Waals surface area contributed by atoms with Gasteiger partial charge in [0, 0.05) is 31.4 Å². The monoisotopic (exact) mass is 581 g/mol. The van der Waals surface area contributed by atoms with Gasteiger partial charge in [0.2, 0.25) is 5.76 Å². The van der Waals surface area contributed by atoms with Gasteiger partial charge >= 0.3 is 16.5 Å². The predicted octanol–water partition coefficient (Wildman–Crippen LogP) is 2.56. The summed E-state index contributed by atoms with van der Waals surface area (Å²) in [5.41, 5.74) is -0.0763. The fourth-order valence-corrected chi connectivity index (χ4v) is 4.70. The van der Waals surface area contributed by atoms with Gasteiger partial charge in [-0.2, -0.15) is 26.3 Å². The molecule has 38 heavy (non-hydrogen) atoms. The maximum atomic E-state index is 14.8. The second-order valence-corrected chi connectivity index (χ2v) is 10.2. The van der Waals surface area contributed by atoms with Gasteiger partial charge < -0.3 is 19.4 Å². The number of carbonyl (C=O) groups excluding carboxylic acids is 1. The molecule has 11 nitrogen and oxygen atoms in total. The number of furan rings is 1. The van der Waals surface area contributed by atoms with Crippen LogP contribution in [0.1, 0.15) is 33.9 Å². The van der Waals surface area contributed by atoms with Crippen molar-refractivity contribution in [3.05, 3.63) is 64.7 Å². The molecule has 4 atom stereocenters. The highest BCUT2D eigenvalue weighted by Gasteiger charge is 2.46. The molecule has 0 radical (unpaired) electrons. The van der Waals surface area contributed by atoms with Crippen molar-refractivity contribution in [1.82, 2.24) is 19.3 Å². The van der Waals surface area contributed by atoms with Gasteiger partial charge in [0.15, 0.2) is 5.78 Å². The van der Waals surface area contributed by atoms with Crippen molar-refractivity contribution in [2.24, 2.45) is 0 Å². The minimum absolute atomic E-state index is 0.0261. The first-order chi connectivity index (χ1) is 17.8. The quantitative estimate of drug-likeness (QED) is 0.256. The van der Waals surface area contributed by atoms with Crippen molar-refractivity contribution >= 4 is 33.5 Å². The van der Waals surface area contributed by atoms with Crippen molar-refractivity contribution in [2.75, 3.05) is 12.4 Å². The minimum atomic E-state index is -4.65. The van der Waals surface area contributed by atoms with Gasteiger partial charge in [-0.1, -0.05) is 11.6 Å². The molecule has 3 N–H and O–H groups in total. The largest absolute Gasteiger partial charge is 0.455 e. The maximum Gasteiger partial charge on any atom is 0.449 e. The zero-order valence-corrected chi connectivity index (χ0v) is 20.9. The average molecular weight is 582 g/mol. The highest BCUT2D eigenvalue weighted by atomic mass is 35.5. The standard InChI is InChI=1S/C21H20ClF4N5O6S/c1-27-38(34,35)37-14-5-13(17(23)19(14)33)30-20-12(6-28-9-29-20)18(32)10-4-16(22)31(7-10)8-11-2-3-15(36-11)21(24,25)26/h2-4,6-7,9,13-14,17,19,27,33H,5,8H2,1H3,(H,28,29,30)/t13-,14-,17-,19-/m1/s1. The summed E-state index contributed by atoms with van der Waals surface area (Å²) < 4.78 is 89.2. The molecule has 1 aliphatic carbocycles. The molecule has 0 amide bonds. The Morgan fingerprint density at radius 1 is 1.37 bits per heavy atom. The Hall–Kier alpha value is -3.05. The van der Waals surface area contributed by atoms with Gasteiger partial charge in [0.1, 0.15) is 41.4 Å². The van der Waals surface area contributed by atoms with Gasteiger partial charge in [-0.3, -0.25) is 8.98 Å². The van der Waals surface area contributed by atoms with E-state index in [1.165, 1.54) is 16.8 Å². The zero-order chi connectivity index (χ0) is 27.8. The summed E-state index contributed by atoms with van der Waals surface area (Å²) in [6.07, 6.45) is -6.52. The van der Waals surface area contributed by atoms with Gasteiger partial charge in [-0.05, 0) is 18.2 Å². The Balaban J connectivity index is 1.52. The summed E-state index contributed by atoms with van der Waals surface area (Å²) in [5, 5.41) is 12.8. The van der Waals surface area contributed by atoms with Crippen LogP contribution in [0.2, 0.25) is 5.15 Å². The van der Waals surface area contributed by atoms with Crippen LogP contribution in [-0.4, -0.2) is 65.3 Å². The van der Waals surface area contributed by atoms with Crippen molar-refractivity contribution < 1.29 is 44.5 Å². The second-order valence-electron chi connectivity index (χ2n) is 8.27. The van der Waals surface area contributed by atoms with E-state index in [1.54, 1.807) is 0 Å². The average Bonchev–Trinajstić information content (AvgIpc) is 3.55. The Labute approximate surface area is 218 Å². The van der Waals surface area contributed by atoms with Crippen LogP contribution in [0, 0.1) is 0 Å². The third-order valence-corrected chi connectivity index (χ3v) is 7.06. The molecular weight excluding hydrogens is 562 g/mol. The number of aliphatic hydroxyl groups is 1. The minimum Gasteiger partial charge on any atom is -0.455 e. The number of halogens is 5. The molecule has 0 bridgehead atoms. The van der Waals surface area contributed by atoms with Crippen LogP contribution in [0.15, 0.2) is 41.3 Å². The lowest BCUT2D eigenvalue weighted by molar-refractivity contribution is -0.153. The smallest absolute Gasteiger partial charge is 0.449 e. The lowest BCUT2D eigenvalue weighted by Gasteiger charge is -2.17. The molecule has 3 aromatic heterocycles. The summed E-state index contributed by atoms with van der Waals surface area (Å²) in [5.74, 6) is -1.98. The van der Waals surface area contributed by atoms with E-state index in [9.17, 15) is 35.9 Å². The molecule has 0 aliphatic heterocycles. The van der Waals surface area contributed by atoms with Crippen LogP contribution >= 0.6 is 11.6 Å². The number of aromatic nitrogens is 3. The van der Waals surface area contributed by atoms with Crippen LogP contribution in [0.5, 0.6) is 0 Å². The van der Waals surface area contributed by atoms with Gasteiger partial charge in [0.05, 0.1) is 18.2 Å². The van der Waals surface area contributed by atoms with Crippen LogP contribution in [-0.2, 0) is 27.2 Å². The van der Waals surface area contributed by atoms with Crippen molar-refractivity contribution in [3.63, 3.8) is 0 Å². The summed E-state index contributed by atoms with van der Waals surface area (Å²) in [7, 11) is -3.12. The highest BCUT2D eigenvalue weighted by Crippen LogP contribution is 2.32. The number of nitrogens with zero attached hydrogens (tertiary/aromatic N) is 3. The second kappa shape index (κ2) is 10.6. The van der Waals surface area contributed by atoms with E-state index >= 15 is 0 Å².